The van der Waals surface area contributed by atoms with Crippen LogP contribution in [0.1, 0.15) is 12.8 Å². The minimum atomic E-state index is -0.820. The summed E-state index contributed by atoms with van der Waals surface area (Å²) in [6.45, 7) is 1.38. The van der Waals surface area contributed by atoms with Crippen molar-refractivity contribution < 1.29 is 14.6 Å². The van der Waals surface area contributed by atoms with Gasteiger partial charge in [0.25, 0.3) is 0 Å². The number of halogens is 1. The number of aromatic nitrogens is 1. The van der Waals surface area contributed by atoms with Crippen LogP contribution in [0.15, 0.2) is 30.5 Å². The molecule has 0 spiro atoms. The van der Waals surface area contributed by atoms with Crippen molar-refractivity contribution in [2.45, 2.75) is 18.4 Å². The van der Waals surface area contributed by atoms with Crippen LogP contribution in [0, 0.1) is 0 Å². The smallest absolute Gasteiger partial charge is 0.145 e. The monoisotopic (exact) mass is 293 g/mol. The summed E-state index contributed by atoms with van der Waals surface area (Å²) in [5.74, 6) is 0.643. The maximum absolute atomic E-state index is 10.4. The molecule has 5 heteroatoms. The predicted molar refractivity (Wildman–Crippen MR) is 77.3 cm³/mol. The average molecular weight is 294 g/mol. The Morgan fingerprint density at radius 3 is 2.90 bits per heavy atom. The van der Waals surface area contributed by atoms with Gasteiger partial charge in [-0.2, -0.15) is 0 Å². The SMILES string of the molecule is OC1(COc2ccc(Cl)c3cccnc23)CCOCC1. The van der Waals surface area contributed by atoms with Gasteiger partial charge in [-0.1, -0.05) is 11.6 Å². The number of hydrogen-bond donors (Lipinski definition) is 1. The summed E-state index contributed by atoms with van der Waals surface area (Å²) in [5.41, 5.74) is -0.102. The molecular weight excluding hydrogens is 278 g/mol. The number of rotatable bonds is 3. The second-order valence-corrected chi connectivity index (χ2v) is 5.48. The molecule has 106 valence electrons. The lowest BCUT2D eigenvalue weighted by atomic mass is 9.96. The number of hydrogen-bond acceptors (Lipinski definition) is 4. The molecule has 0 atom stereocenters. The summed E-state index contributed by atoms with van der Waals surface area (Å²) in [7, 11) is 0. The van der Waals surface area contributed by atoms with Crippen LogP contribution in [0.25, 0.3) is 10.9 Å². The fourth-order valence-corrected chi connectivity index (χ4v) is 2.55. The van der Waals surface area contributed by atoms with Crippen LogP contribution in [-0.2, 0) is 4.74 Å². The van der Waals surface area contributed by atoms with Gasteiger partial charge in [-0.15, -0.1) is 0 Å². The topological polar surface area (TPSA) is 51.6 Å². The maximum atomic E-state index is 10.4. The molecule has 1 saturated heterocycles. The number of ether oxygens (including phenoxy) is 2. The molecule has 0 unspecified atom stereocenters. The molecule has 3 rings (SSSR count). The first-order valence-electron chi connectivity index (χ1n) is 6.64. The van der Waals surface area contributed by atoms with E-state index in [4.69, 9.17) is 21.1 Å². The van der Waals surface area contributed by atoms with Crippen molar-refractivity contribution >= 4 is 22.5 Å². The molecule has 2 heterocycles. The standard InChI is InChI=1S/C15H16ClNO3/c16-12-3-4-13(14-11(12)2-1-7-17-14)20-10-15(18)5-8-19-9-6-15/h1-4,7,18H,5-6,8-10H2. The number of aliphatic hydroxyl groups is 1. The lowest BCUT2D eigenvalue weighted by Gasteiger charge is -2.31. The van der Waals surface area contributed by atoms with Crippen molar-refractivity contribution in [3.8, 4) is 5.75 Å². The lowest BCUT2D eigenvalue weighted by molar-refractivity contribution is -0.0853. The summed E-state index contributed by atoms with van der Waals surface area (Å²) in [4.78, 5) is 4.31. The molecule has 0 bridgehead atoms. The highest BCUT2D eigenvalue weighted by Gasteiger charge is 2.30. The molecule has 1 aromatic heterocycles. The first-order valence-corrected chi connectivity index (χ1v) is 7.02. The summed E-state index contributed by atoms with van der Waals surface area (Å²) in [6.07, 6.45) is 2.88. The molecule has 1 aromatic carbocycles. The van der Waals surface area contributed by atoms with E-state index in [9.17, 15) is 5.11 Å². The third kappa shape index (κ3) is 2.73. The van der Waals surface area contributed by atoms with Crippen LogP contribution in [0.2, 0.25) is 5.02 Å². The van der Waals surface area contributed by atoms with Crippen LogP contribution in [0.3, 0.4) is 0 Å². The van der Waals surface area contributed by atoms with E-state index in [1.807, 2.05) is 12.1 Å². The Bertz CT molecular complexity index is 611. The van der Waals surface area contributed by atoms with Crippen molar-refractivity contribution in [1.29, 1.82) is 0 Å². The predicted octanol–water partition coefficient (Wildman–Crippen LogP) is 2.81. The Morgan fingerprint density at radius 1 is 1.30 bits per heavy atom. The lowest BCUT2D eigenvalue weighted by Crippen LogP contribution is -2.41. The molecule has 4 nitrogen and oxygen atoms in total. The average Bonchev–Trinajstić information content (AvgIpc) is 2.48. The van der Waals surface area contributed by atoms with Crippen molar-refractivity contribution in [2.75, 3.05) is 19.8 Å². The van der Waals surface area contributed by atoms with Gasteiger partial charge < -0.3 is 14.6 Å². The fraction of sp³-hybridized carbons (Fsp3) is 0.400. The highest BCUT2D eigenvalue weighted by molar-refractivity contribution is 6.35. The van der Waals surface area contributed by atoms with Crippen molar-refractivity contribution in [1.82, 2.24) is 4.98 Å². The van der Waals surface area contributed by atoms with Crippen molar-refractivity contribution in [2.24, 2.45) is 0 Å². The summed E-state index contributed by atoms with van der Waals surface area (Å²) < 4.78 is 11.0. The third-order valence-corrected chi connectivity index (χ3v) is 3.93. The van der Waals surface area contributed by atoms with Gasteiger partial charge >= 0.3 is 0 Å². The van der Waals surface area contributed by atoms with E-state index in [1.165, 1.54) is 0 Å². The van der Waals surface area contributed by atoms with Crippen LogP contribution < -0.4 is 4.74 Å². The Labute approximate surface area is 122 Å². The minimum Gasteiger partial charge on any atom is -0.488 e. The summed E-state index contributed by atoms with van der Waals surface area (Å²) in [6, 6.07) is 7.32. The Balaban J connectivity index is 1.82. The normalized spacial score (nSPS) is 18.1. The number of nitrogens with zero attached hydrogens (tertiary/aromatic N) is 1. The molecule has 2 aromatic rings. The van der Waals surface area contributed by atoms with E-state index in [0.29, 0.717) is 36.8 Å². The molecule has 1 N–H and O–H groups in total. The summed E-state index contributed by atoms with van der Waals surface area (Å²) >= 11 is 6.14. The van der Waals surface area contributed by atoms with Gasteiger partial charge in [0.1, 0.15) is 23.5 Å². The maximum Gasteiger partial charge on any atom is 0.145 e. The number of benzene rings is 1. The second kappa shape index (κ2) is 5.56. The Kier molecular flexibility index (Phi) is 3.78. The van der Waals surface area contributed by atoms with Crippen LogP contribution in [0.5, 0.6) is 5.75 Å². The largest absolute Gasteiger partial charge is 0.488 e. The molecule has 1 fully saturated rings. The number of pyridine rings is 1. The molecule has 1 aliphatic heterocycles. The van der Waals surface area contributed by atoms with Crippen LogP contribution >= 0.6 is 11.6 Å². The quantitative estimate of drug-likeness (QED) is 0.945. The van der Waals surface area contributed by atoms with Gasteiger partial charge in [-0.05, 0) is 24.3 Å². The van der Waals surface area contributed by atoms with E-state index in [1.54, 1.807) is 18.3 Å². The molecule has 0 radical (unpaired) electrons. The van der Waals surface area contributed by atoms with Gasteiger partial charge in [0.05, 0.1) is 5.02 Å². The first kappa shape index (κ1) is 13.6. The summed E-state index contributed by atoms with van der Waals surface area (Å²) in [5, 5.41) is 11.9. The molecular formula is C15H16ClNO3. The van der Waals surface area contributed by atoms with Crippen LogP contribution in [-0.4, -0.2) is 35.5 Å². The van der Waals surface area contributed by atoms with Gasteiger partial charge in [0.15, 0.2) is 0 Å². The van der Waals surface area contributed by atoms with Crippen molar-refractivity contribution in [3.63, 3.8) is 0 Å². The zero-order chi connectivity index (χ0) is 14.0. The zero-order valence-corrected chi connectivity index (χ0v) is 11.8. The highest BCUT2D eigenvalue weighted by Crippen LogP contribution is 2.31. The van der Waals surface area contributed by atoms with Gasteiger partial charge in [0, 0.05) is 37.6 Å². The van der Waals surface area contributed by atoms with Gasteiger partial charge in [-0.3, -0.25) is 4.98 Å². The molecule has 1 aliphatic rings. The molecule has 0 saturated carbocycles. The van der Waals surface area contributed by atoms with E-state index in [0.717, 1.165) is 10.9 Å². The van der Waals surface area contributed by atoms with E-state index >= 15 is 0 Å². The van der Waals surface area contributed by atoms with E-state index in [-0.39, 0.29) is 6.61 Å². The van der Waals surface area contributed by atoms with E-state index in [2.05, 4.69) is 4.98 Å². The second-order valence-electron chi connectivity index (χ2n) is 5.07. The fourth-order valence-electron chi connectivity index (χ4n) is 2.34. The highest BCUT2D eigenvalue weighted by atomic mass is 35.5. The molecule has 20 heavy (non-hydrogen) atoms. The Morgan fingerprint density at radius 2 is 2.10 bits per heavy atom. The van der Waals surface area contributed by atoms with Crippen LogP contribution in [0.4, 0.5) is 0 Å². The first-order chi connectivity index (χ1) is 9.68. The minimum absolute atomic E-state index is 0.240. The molecule has 0 aliphatic carbocycles. The zero-order valence-electron chi connectivity index (χ0n) is 11.0. The molecule has 0 amide bonds. The Hall–Kier alpha value is -1.36. The van der Waals surface area contributed by atoms with Gasteiger partial charge in [-0.25, -0.2) is 0 Å². The third-order valence-electron chi connectivity index (χ3n) is 3.60. The van der Waals surface area contributed by atoms with E-state index < -0.39 is 5.60 Å². The van der Waals surface area contributed by atoms with Crippen molar-refractivity contribution in [3.05, 3.63) is 35.5 Å². The number of fused-ring (bicyclic) bond motifs is 1. The van der Waals surface area contributed by atoms with Gasteiger partial charge in [0.2, 0.25) is 0 Å².